The highest BCUT2D eigenvalue weighted by molar-refractivity contribution is 5.68. The first-order valence-electron chi connectivity index (χ1n) is 4.63. The molecule has 0 amide bonds. The molecule has 1 unspecified atom stereocenters. The molecule has 0 spiro atoms. The smallest absolute Gasteiger partial charge is 0.0733 e. The van der Waals surface area contributed by atoms with Gasteiger partial charge in [0, 0.05) is 17.8 Å². The molecule has 0 saturated carbocycles. The molecule has 0 fully saturated rings. The van der Waals surface area contributed by atoms with Crippen molar-refractivity contribution in [3.8, 4) is 0 Å². The fraction of sp³-hybridized carbons (Fsp3) is 0.182. The van der Waals surface area contributed by atoms with Gasteiger partial charge in [-0.15, -0.1) is 0 Å². The molecule has 0 saturated heterocycles. The summed E-state index contributed by atoms with van der Waals surface area (Å²) in [5.41, 5.74) is 7.84. The first kappa shape index (κ1) is 8.97. The minimum absolute atomic E-state index is 0.0775. The third-order valence-corrected chi connectivity index (χ3v) is 2.04. The Labute approximate surface area is 82.8 Å². The van der Waals surface area contributed by atoms with E-state index in [9.17, 15) is 0 Å². The standard InChI is InChI=1S/C11H13N3/c1-9(12)5-6-10-8-13-14-7-3-2-4-11(10)14/h2-9H,12H2,1H3/b6-5+. The van der Waals surface area contributed by atoms with E-state index in [-0.39, 0.29) is 6.04 Å². The highest BCUT2D eigenvalue weighted by Crippen LogP contribution is 2.11. The number of rotatable bonds is 2. The second kappa shape index (κ2) is 3.64. The van der Waals surface area contributed by atoms with Crippen LogP contribution < -0.4 is 5.73 Å². The second-order valence-electron chi connectivity index (χ2n) is 3.35. The lowest BCUT2D eigenvalue weighted by Gasteiger charge is -1.94. The van der Waals surface area contributed by atoms with Gasteiger partial charge in [-0.3, -0.25) is 0 Å². The van der Waals surface area contributed by atoms with Crippen molar-refractivity contribution in [3.63, 3.8) is 0 Å². The summed E-state index contributed by atoms with van der Waals surface area (Å²) in [6.45, 7) is 1.95. The van der Waals surface area contributed by atoms with E-state index in [1.165, 1.54) is 0 Å². The van der Waals surface area contributed by atoms with E-state index in [1.54, 1.807) is 0 Å². The zero-order valence-electron chi connectivity index (χ0n) is 8.09. The molecule has 0 aliphatic carbocycles. The minimum atomic E-state index is 0.0775. The largest absolute Gasteiger partial charge is 0.325 e. The van der Waals surface area contributed by atoms with Crippen LogP contribution in [0.3, 0.4) is 0 Å². The molecule has 0 radical (unpaired) electrons. The molecule has 0 aliphatic heterocycles. The first-order chi connectivity index (χ1) is 6.77. The quantitative estimate of drug-likeness (QED) is 0.777. The van der Waals surface area contributed by atoms with E-state index in [4.69, 9.17) is 5.73 Å². The number of aromatic nitrogens is 2. The topological polar surface area (TPSA) is 43.3 Å². The summed E-state index contributed by atoms with van der Waals surface area (Å²) in [7, 11) is 0. The molecule has 14 heavy (non-hydrogen) atoms. The van der Waals surface area contributed by atoms with Crippen LogP contribution in [0.15, 0.2) is 36.7 Å². The average Bonchev–Trinajstić information content (AvgIpc) is 2.58. The van der Waals surface area contributed by atoms with Gasteiger partial charge in [-0.25, -0.2) is 4.52 Å². The van der Waals surface area contributed by atoms with Gasteiger partial charge < -0.3 is 5.73 Å². The first-order valence-corrected chi connectivity index (χ1v) is 4.63. The van der Waals surface area contributed by atoms with Gasteiger partial charge in [-0.05, 0) is 19.1 Å². The number of nitrogens with zero attached hydrogens (tertiary/aromatic N) is 2. The maximum atomic E-state index is 5.64. The normalized spacial score (nSPS) is 13.9. The number of pyridine rings is 1. The van der Waals surface area contributed by atoms with Crippen molar-refractivity contribution in [3.05, 3.63) is 42.2 Å². The zero-order valence-corrected chi connectivity index (χ0v) is 8.09. The Morgan fingerprint density at radius 2 is 2.36 bits per heavy atom. The third kappa shape index (κ3) is 1.67. The van der Waals surface area contributed by atoms with Crippen molar-refractivity contribution in [1.29, 1.82) is 0 Å². The lowest BCUT2D eigenvalue weighted by Crippen LogP contribution is -2.09. The number of hydrogen-bond donors (Lipinski definition) is 1. The Morgan fingerprint density at radius 3 is 3.14 bits per heavy atom. The maximum Gasteiger partial charge on any atom is 0.0733 e. The van der Waals surface area contributed by atoms with Crippen LogP contribution in [0.25, 0.3) is 11.6 Å². The molecule has 0 bridgehead atoms. The molecule has 0 aliphatic rings. The van der Waals surface area contributed by atoms with Crippen LogP contribution in [-0.2, 0) is 0 Å². The van der Waals surface area contributed by atoms with Crippen LogP contribution in [0, 0.1) is 0 Å². The van der Waals surface area contributed by atoms with Gasteiger partial charge in [0.15, 0.2) is 0 Å². The Balaban J connectivity index is 2.43. The fourth-order valence-electron chi connectivity index (χ4n) is 1.34. The maximum absolute atomic E-state index is 5.64. The molecule has 2 aromatic heterocycles. The zero-order chi connectivity index (χ0) is 9.97. The summed E-state index contributed by atoms with van der Waals surface area (Å²) in [5.74, 6) is 0. The number of nitrogens with two attached hydrogens (primary N) is 1. The molecule has 3 nitrogen and oxygen atoms in total. The lowest BCUT2D eigenvalue weighted by molar-refractivity contribution is 0.931. The molecule has 2 rings (SSSR count). The van der Waals surface area contributed by atoms with Crippen LogP contribution in [0.4, 0.5) is 0 Å². The Hall–Kier alpha value is -1.61. The molecular weight excluding hydrogens is 174 g/mol. The van der Waals surface area contributed by atoms with Gasteiger partial charge in [0.05, 0.1) is 11.7 Å². The highest BCUT2D eigenvalue weighted by atomic mass is 15.2. The van der Waals surface area contributed by atoms with Crippen LogP contribution in [0.5, 0.6) is 0 Å². The van der Waals surface area contributed by atoms with E-state index in [2.05, 4.69) is 5.10 Å². The molecule has 0 aromatic carbocycles. The van der Waals surface area contributed by atoms with E-state index < -0.39 is 0 Å². The predicted octanol–water partition coefficient (Wildman–Crippen LogP) is 1.69. The molecule has 2 aromatic rings. The lowest BCUT2D eigenvalue weighted by atomic mass is 10.2. The monoisotopic (exact) mass is 187 g/mol. The molecule has 2 heterocycles. The van der Waals surface area contributed by atoms with Crippen molar-refractivity contribution in [1.82, 2.24) is 9.61 Å². The number of fused-ring (bicyclic) bond motifs is 1. The summed E-state index contributed by atoms with van der Waals surface area (Å²) >= 11 is 0. The Bertz CT molecular complexity index is 454. The molecule has 3 heteroatoms. The highest BCUT2D eigenvalue weighted by Gasteiger charge is 1.98. The van der Waals surface area contributed by atoms with Gasteiger partial charge in [0.25, 0.3) is 0 Å². The van der Waals surface area contributed by atoms with Crippen molar-refractivity contribution >= 4 is 11.6 Å². The molecular formula is C11H13N3. The summed E-state index contributed by atoms with van der Waals surface area (Å²) in [6.07, 6.45) is 7.74. The molecule has 1 atom stereocenters. The van der Waals surface area contributed by atoms with E-state index in [1.807, 2.05) is 54.2 Å². The number of hydrogen-bond acceptors (Lipinski definition) is 2. The summed E-state index contributed by atoms with van der Waals surface area (Å²) < 4.78 is 1.85. The Kier molecular flexibility index (Phi) is 2.33. The van der Waals surface area contributed by atoms with E-state index in [0.29, 0.717) is 0 Å². The van der Waals surface area contributed by atoms with Crippen molar-refractivity contribution in [2.24, 2.45) is 5.73 Å². The van der Waals surface area contributed by atoms with Crippen LogP contribution in [0.2, 0.25) is 0 Å². The Morgan fingerprint density at radius 1 is 1.50 bits per heavy atom. The van der Waals surface area contributed by atoms with Crippen molar-refractivity contribution in [2.45, 2.75) is 13.0 Å². The summed E-state index contributed by atoms with van der Waals surface area (Å²) in [6, 6.07) is 6.07. The van der Waals surface area contributed by atoms with Crippen molar-refractivity contribution < 1.29 is 0 Å². The van der Waals surface area contributed by atoms with E-state index in [0.717, 1.165) is 11.1 Å². The molecule has 72 valence electrons. The van der Waals surface area contributed by atoms with E-state index >= 15 is 0 Å². The second-order valence-corrected chi connectivity index (χ2v) is 3.35. The van der Waals surface area contributed by atoms with Gasteiger partial charge in [0.1, 0.15) is 0 Å². The predicted molar refractivity (Wildman–Crippen MR) is 57.9 cm³/mol. The molecule has 2 N–H and O–H groups in total. The van der Waals surface area contributed by atoms with Gasteiger partial charge in [0.2, 0.25) is 0 Å². The van der Waals surface area contributed by atoms with Crippen molar-refractivity contribution in [2.75, 3.05) is 0 Å². The minimum Gasteiger partial charge on any atom is -0.325 e. The average molecular weight is 187 g/mol. The summed E-state index contributed by atoms with van der Waals surface area (Å²) in [5, 5.41) is 4.22. The fourth-order valence-corrected chi connectivity index (χ4v) is 1.34. The SMILES string of the molecule is CC(N)/C=C/c1cnn2ccccc12. The van der Waals surface area contributed by atoms with Gasteiger partial charge in [-0.1, -0.05) is 18.2 Å². The summed E-state index contributed by atoms with van der Waals surface area (Å²) in [4.78, 5) is 0. The van der Waals surface area contributed by atoms with Crippen LogP contribution in [-0.4, -0.2) is 15.7 Å². The van der Waals surface area contributed by atoms with Crippen LogP contribution >= 0.6 is 0 Å². The third-order valence-electron chi connectivity index (χ3n) is 2.04. The van der Waals surface area contributed by atoms with Crippen LogP contribution in [0.1, 0.15) is 12.5 Å². The van der Waals surface area contributed by atoms with Gasteiger partial charge >= 0.3 is 0 Å². The van der Waals surface area contributed by atoms with Gasteiger partial charge in [-0.2, -0.15) is 5.10 Å².